The molecule has 1 aliphatic rings. The standard InChI is InChI=1S/C21H25N3O5/c1-4-29-16-12-21(19(27)28,20(16,2)3)22-18(26)15-10-11-17(25)24(23-15)13-14-8-6-5-7-9-14/h5-11,16H,4,12-13H2,1-3H3,(H,22,26)(H,27,28). The maximum Gasteiger partial charge on any atom is 0.330 e. The Balaban J connectivity index is 1.84. The van der Waals surface area contributed by atoms with Crippen LogP contribution in [0.1, 0.15) is 43.2 Å². The minimum Gasteiger partial charge on any atom is -0.479 e. The number of aliphatic carboxylic acids is 1. The van der Waals surface area contributed by atoms with E-state index in [2.05, 4.69) is 10.4 Å². The van der Waals surface area contributed by atoms with Crippen LogP contribution in [0.15, 0.2) is 47.3 Å². The van der Waals surface area contributed by atoms with Gasteiger partial charge in [-0.2, -0.15) is 5.10 Å². The fourth-order valence-electron chi connectivity index (χ4n) is 3.73. The van der Waals surface area contributed by atoms with E-state index >= 15 is 0 Å². The first-order valence-electron chi connectivity index (χ1n) is 9.51. The average Bonchev–Trinajstić information content (AvgIpc) is 2.69. The van der Waals surface area contributed by atoms with Crippen molar-refractivity contribution in [1.29, 1.82) is 0 Å². The van der Waals surface area contributed by atoms with Crippen LogP contribution in [-0.2, 0) is 16.1 Å². The SMILES string of the molecule is CCOC1CC(NC(=O)c2ccc(=O)n(Cc3ccccc3)n2)(C(=O)O)C1(C)C. The molecule has 8 nitrogen and oxygen atoms in total. The molecule has 2 atom stereocenters. The molecule has 0 bridgehead atoms. The lowest BCUT2D eigenvalue weighted by molar-refractivity contribution is -0.190. The van der Waals surface area contributed by atoms with E-state index in [0.717, 1.165) is 5.56 Å². The molecule has 2 unspecified atom stereocenters. The lowest BCUT2D eigenvalue weighted by atomic mass is 9.54. The molecule has 0 spiro atoms. The molecule has 2 aromatic rings. The van der Waals surface area contributed by atoms with Gasteiger partial charge < -0.3 is 15.2 Å². The van der Waals surface area contributed by atoms with E-state index in [1.807, 2.05) is 37.3 Å². The van der Waals surface area contributed by atoms with Crippen molar-refractivity contribution in [3.8, 4) is 0 Å². The van der Waals surface area contributed by atoms with Crippen LogP contribution in [0.5, 0.6) is 0 Å². The van der Waals surface area contributed by atoms with E-state index in [1.165, 1.54) is 16.8 Å². The van der Waals surface area contributed by atoms with Gasteiger partial charge >= 0.3 is 5.97 Å². The molecule has 1 fully saturated rings. The number of amides is 1. The lowest BCUT2D eigenvalue weighted by Crippen LogP contribution is -2.76. The molecule has 2 N–H and O–H groups in total. The number of hydrogen-bond donors (Lipinski definition) is 2. The van der Waals surface area contributed by atoms with E-state index in [0.29, 0.717) is 6.61 Å². The molecule has 0 aliphatic heterocycles. The Morgan fingerprint density at radius 3 is 2.52 bits per heavy atom. The van der Waals surface area contributed by atoms with E-state index in [9.17, 15) is 19.5 Å². The number of carbonyl (C=O) groups excluding carboxylic acids is 1. The van der Waals surface area contributed by atoms with E-state index in [-0.39, 0.29) is 30.3 Å². The van der Waals surface area contributed by atoms with Gasteiger partial charge in [0.1, 0.15) is 11.2 Å². The Hall–Kier alpha value is -3.00. The van der Waals surface area contributed by atoms with Crippen molar-refractivity contribution in [2.75, 3.05) is 6.61 Å². The molecule has 1 aromatic carbocycles. The maximum atomic E-state index is 12.8. The van der Waals surface area contributed by atoms with Crippen LogP contribution in [0.25, 0.3) is 0 Å². The molecule has 154 valence electrons. The second kappa shape index (κ2) is 7.79. The van der Waals surface area contributed by atoms with Gasteiger partial charge in [-0.05, 0) is 18.6 Å². The van der Waals surface area contributed by atoms with Crippen molar-refractivity contribution < 1.29 is 19.4 Å². The fourth-order valence-corrected chi connectivity index (χ4v) is 3.73. The smallest absolute Gasteiger partial charge is 0.330 e. The van der Waals surface area contributed by atoms with Gasteiger partial charge in [0.15, 0.2) is 0 Å². The van der Waals surface area contributed by atoms with Gasteiger partial charge in [-0.15, -0.1) is 0 Å². The summed E-state index contributed by atoms with van der Waals surface area (Å²) in [7, 11) is 0. The summed E-state index contributed by atoms with van der Waals surface area (Å²) in [6.07, 6.45) is -0.109. The molecule has 1 aromatic heterocycles. The molecule has 1 heterocycles. The Bertz CT molecular complexity index is 970. The lowest BCUT2D eigenvalue weighted by Gasteiger charge is -2.58. The molecule has 1 amide bonds. The monoisotopic (exact) mass is 399 g/mol. The number of nitrogens with zero attached hydrogens (tertiary/aromatic N) is 2. The van der Waals surface area contributed by atoms with Crippen molar-refractivity contribution in [1.82, 2.24) is 15.1 Å². The molecule has 3 rings (SSSR count). The number of aromatic nitrogens is 2. The van der Waals surface area contributed by atoms with E-state index in [1.54, 1.807) is 13.8 Å². The van der Waals surface area contributed by atoms with Gasteiger partial charge in [-0.1, -0.05) is 44.2 Å². The van der Waals surface area contributed by atoms with Gasteiger partial charge in [0.05, 0.1) is 12.6 Å². The summed E-state index contributed by atoms with van der Waals surface area (Å²) in [6.45, 7) is 6.03. The molecule has 1 aliphatic carbocycles. The molecule has 0 saturated heterocycles. The number of carboxylic acids is 1. The van der Waals surface area contributed by atoms with Crippen molar-refractivity contribution in [3.63, 3.8) is 0 Å². The molecule has 0 radical (unpaired) electrons. The van der Waals surface area contributed by atoms with Crippen LogP contribution in [0.4, 0.5) is 0 Å². The number of rotatable bonds is 7. The highest BCUT2D eigenvalue weighted by Gasteiger charge is 2.66. The van der Waals surface area contributed by atoms with Crippen LogP contribution in [0, 0.1) is 5.41 Å². The highest BCUT2D eigenvalue weighted by Crippen LogP contribution is 2.51. The summed E-state index contributed by atoms with van der Waals surface area (Å²) in [6, 6.07) is 11.8. The van der Waals surface area contributed by atoms with Crippen molar-refractivity contribution in [2.24, 2.45) is 5.41 Å². The van der Waals surface area contributed by atoms with Crippen molar-refractivity contribution in [2.45, 2.75) is 45.4 Å². The van der Waals surface area contributed by atoms with Gasteiger partial charge in [-0.3, -0.25) is 9.59 Å². The summed E-state index contributed by atoms with van der Waals surface area (Å²) in [5.41, 5.74) is -1.77. The maximum absolute atomic E-state index is 12.8. The van der Waals surface area contributed by atoms with Crippen LogP contribution in [0.3, 0.4) is 0 Å². The van der Waals surface area contributed by atoms with Crippen LogP contribution >= 0.6 is 0 Å². The first-order chi connectivity index (χ1) is 13.7. The zero-order valence-corrected chi connectivity index (χ0v) is 16.7. The molecule has 8 heteroatoms. The average molecular weight is 399 g/mol. The van der Waals surface area contributed by atoms with Gasteiger partial charge in [0.25, 0.3) is 11.5 Å². The summed E-state index contributed by atoms with van der Waals surface area (Å²) < 4.78 is 6.80. The summed E-state index contributed by atoms with van der Waals surface area (Å²) in [5.74, 6) is -1.76. The minimum absolute atomic E-state index is 0.0168. The van der Waals surface area contributed by atoms with Gasteiger partial charge in [-0.25, -0.2) is 9.48 Å². The zero-order valence-electron chi connectivity index (χ0n) is 16.7. The highest BCUT2D eigenvalue weighted by atomic mass is 16.5. The predicted octanol–water partition coefficient (Wildman–Crippen LogP) is 1.68. The van der Waals surface area contributed by atoms with E-state index < -0.39 is 22.8 Å². The number of hydrogen-bond acceptors (Lipinski definition) is 5. The minimum atomic E-state index is -1.47. The Morgan fingerprint density at radius 2 is 1.93 bits per heavy atom. The number of ether oxygens (including phenoxy) is 1. The van der Waals surface area contributed by atoms with Crippen LogP contribution in [-0.4, -0.2) is 45.0 Å². The normalized spacial score (nSPS) is 22.5. The van der Waals surface area contributed by atoms with Gasteiger partial charge in [0.2, 0.25) is 0 Å². The quantitative estimate of drug-likeness (QED) is 0.733. The summed E-state index contributed by atoms with van der Waals surface area (Å²) >= 11 is 0. The summed E-state index contributed by atoms with van der Waals surface area (Å²) in [5, 5.41) is 16.6. The Kier molecular flexibility index (Phi) is 5.57. The third-order valence-electron chi connectivity index (χ3n) is 5.73. The number of carbonyl (C=O) groups is 2. The van der Waals surface area contributed by atoms with Crippen LogP contribution in [0.2, 0.25) is 0 Å². The highest BCUT2D eigenvalue weighted by molar-refractivity contribution is 5.97. The number of carboxylic acid groups (broad SMARTS) is 1. The Morgan fingerprint density at radius 1 is 1.24 bits per heavy atom. The van der Waals surface area contributed by atoms with Crippen molar-refractivity contribution >= 4 is 11.9 Å². The summed E-state index contributed by atoms with van der Waals surface area (Å²) in [4.78, 5) is 37.0. The number of nitrogens with one attached hydrogen (secondary N) is 1. The zero-order chi connectivity index (χ0) is 21.2. The second-order valence-electron chi connectivity index (χ2n) is 7.73. The molecular weight excluding hydrogens is 374 g/mol. The van der Waals surface area contributed by atoms with E-state index in [4.69, 9.17) is 4.74 Å². The molecule has 29 heavy (non-hydrogen) atoms. The topological polar surface area (TPSA) is 111 Å². The second-order valence-corrected chi connectivity index (χ2v) is 7.73. The molecule has 1 saturated carbocycles. The Labute approximate surface area is 168 Å². The third kappa shape index (κ3) is 3.67. The largest absolute Gasteiger partial charge is 0.479 e. The number of benzene rings is 1. The molecular formula is C21H25N3O5. The third-order valence-corrected chi connectivity index (χ3v) is 5.73. The fraction of sp³-hybridized carbons (Fsp3) is 0.429. The first kappa shape index (κ1) is 20.7. The first-order valence-corrected chi connectivity index (χ1v) is 9.51. The van der Waals surface area contributed by atoms with Gasteiger partial charge in [0, 0.05) is 24.5 Å². The van der Waals surface area contributed by atoms with Crippen molar-refractivity contribution in [3.05, 3.63) is 64.1 Å². The predicted molar refractivity (Wildman–Crippen MR) is 106 cm³/mol. The van der Waals surface area contributed by atoms with Crippen LogP contribution < -0.4 is 10.9 Å².